The zero-order valence-electron chi connectivity index (χ0n) is 10.9. The molecule has 1 aromatic heterocycles. The normalized spacial score (nSPS) is 10.2. The third-order valence-corrected chi connectivity index (χ3v) is 2.98. The Hall–Kier alpha value is -0.360. The van der Waals surface area contributed by atoms with Crippen LogP contribution in [0.3, 0.4) is 0 Å². The largest absolute Gasteiger partial charge is 0.351 e. The fourth-order valence-corrected chi connectivity index (χ4v) is 2.24. The van der Waals surface area contributed by atoms with Crippen molar-refractivity contribution in [3.8, 4) is 0 Å². The first-order valence-corrected chi connectivity index (χ1v) is 6.27. The van der Waals surface area contributed by atoms with Crippen LogP contribution in [0.15, 0.2) is 5.51 Å². The average molecular weight is 314 g/mol. The van der Waals surface area contributed by atoms with E-state index in [9.17, 15) is 4.79 Å². The van der Waals surface area contributed by atoms with Crippen molar-refractivity contribution in [3.05, 3.63) is 16.1 Å². The third kappa shape index (κ3) is 5.52. The molecule has 4 nitrogen and oxygen atoms in total. The second-order valence-corrected chi connectivity index (χ2v) is 5.53. The van der Waals surface area contributed by atoms with Gasteiger partial charge in [0, 0.05) is 12.0 Å². The third-order valence-electron chi connectivity index (χ3n) is 2.15. The van der Waals surface area contributed by atoms with Gasteiger partial charge in [0.1, 0.15) is 4.88 Å². The molecule has 0 bridgehead atoms. The van der Waals surface area contributed by atoms with E-state index in [0.29, 0.717) is 18.0 Å². The van der Waals surface area contributed by atoms with Crippen LogP contribution in [0.25, 0.3) is 0 Å². The second-order valence-electron chi connectivity index (χ2n) is 4.68. The molecule has 0 aliphatic carbocycles. The predicted octanol–water partition coefficient (Wildman–Crippen LogP) is 2.36. The lowest BCUT2D eigenvalue weighted by Gasteiger charge is -2.17. The van der Waals surface area contributed by atoms with Gasteiger partial charge >= 0.3 is 0 Å². The Morgan fingerprint density at radius 3 is 2.56 bits per heavy atom. The zero-order valence-corrected chi connectivity index (χ0v) is 13.3. The monoisotopic (exact) mass is 313 g/mol. The maximum atomic E-state index is 11.9. The molecular formula is C11H21Cl2N3OS. The van der Waals surface area contributed by atoms with E-state index in [4.69, 9.17) is 5.73 Å². The van der Waals surface area contributed by atoms with Gasteiger partial charge in [0.05, 0.1) is 11.2 Å². The number of nitrogens with one attached hydrogen (secondary N) is 1. The first-order valence-electron chi connectivity index (χ1n) is 5.39. The van der Waals surface area contributed by atoms with Crippen LogP contribution >= 0.6 is 36.2 Å². The van der Waals surface area contributed by atoms with Crippen molar-refractivity contribution in [3.63, 3.8) is 0 Å². The Balaban J connectivity index is 0. The number of nitrogens with two attached hydrogens (primary N) is 1. The number of carbonyl (C=O) groups excluding carboxylic acids is 1. The van der Waals surface area contributed by atoms with E-state index in [-0.39, 0.29) is 36.1 Å². The van der Waals surface area contributed by atoms with Crippen molar-refractivity contribution in [1.29, 1.82) is 0 Å². The molecule has 0 saturated heterocycles. The lowest BCUT2D eigenvalue weighted by Crippen LogP contribution is -2.28. The molecule has 0 spiro atoms. The number of nitrogens with zero attached hydrogens (tertiary/aromatic N) is 1. The summed E-state index contributed by atoms with van der Waals surface area (Å²) in [5.74, 6) is -0.0409. The van der Waals surface area contributed by atoms with Gasteiger partial charge in [-0.05, 0) is 13.0 Å². The summed E-state index contributed by atoms with van der Waals surface area (Å²) in [5, 5.41) is 2.85. The number of amides is 1. The maximum Gasteiger partial charge on any atom is 0.263 e. The fraction of sp³-hybridized carbons (Fsp3) is 0.636. The Morgan fingerprint density at radius 2 is 2.06 bits per heavy atom. The molecule has 0 atom stereocenters. The summed E-state index contributed by atoms with van der Waals surface area (Å²) in [6.45, 7) is 7.38. The van der Waals surface area contributed by atoms with E-state index in [1.165, 1.54) is 11.3 Å². The molecule has 0 aliphatic heterocycles. The standard InChI is InChI=1S/C11H19N3OS.2ClH/c1-11(2,3)9-8(16-7-14-9)10(15)13-6-4-5-12;;/h7H,4-6,12H2,1-3H3,(H,13,15);2*1H. The predicted molar refractivity (Wildman–Crippen MR) is 81.3 cm³/mol. The highest BCUT2D eigenvalue weighted by Gasteiger charge is 2.24. The molecule has 1 rings (SSSR count). The molecule has 1 amide bonds. The molecular weight excluding hydrogens is 293 g/mol. The molecule has 1 heterocycles. The Labute approximate surface area is 125 Å². The van der Waals surface area contributed by atoms with Gasteiger partial charge in [-0.15, -0.1) is 36.2 Å². The van der Waals surface area contributed by atoms with Gasteiger partial charge in [-0.3, -0.25) is 4.79 Å². The molecule has 1 aromatic rings. The van der Waals surface area contributed by atoms with Crippen LogP contribution in [0.5, 0.6) is 0 Å². The van der Waals surface area contributed by atoms with Gasteiger partial charge in [0.15, 0.2) is 0 Å². The summed E-state index contributed by atoms with van der Waals surface area (Å²) in [5.41, 5.74) is 7.86. The van der Waals surface area contributed by atoms with Crippen LogP contribution in [-0.4, -0.2) is 24.0 Å². The van der Waals surface area contributed by atoms with Crippen molar-refractivity contribution in [1.82, 2.24) is 10.3 Å². The van der Waals surface area contributed by atoms with Gasteiger partial charge in [0.2, 0.25) is 0 Å². The van der Waals surface area contributed by atoms with E-state index in [1.807, 2.05) is 0 Å². The number of hydrogen-bond acceptors (Lipinski definition) is 4. The van der Waals surface area contributed by atoms with Crippen molar-refractivity contribution in [2.24, 2.45) is 5.73 Å². The number of rotatable bonds is 4. The van der Waals surface area contributed by atoms with Crippen LogP contribution in [0, 0.1) is 0 Å². The quantitative estimate of drug-likeness (QED) is 0.838. The van der Waals surface area contributed by atoms with Crippen molar-refractivity contribution in [2.75, 3.05) is 13.1 Å². The minimum Gasteiger partial charge on any atom is -0.351 e. The maximum absolute atomic E-state index is 11.9. The highest BCUT2D eigenvalue weighted by atomic mass is 35.5. The first-order chi connectivity index (χ1) is 7.46. The SMILES string of the molecule is CC(C)(C)c1ncsc1C(=O)NCCCN.Cl.Cl. The van der Waals surface area contributed by atoms with Crippen LogP contribution < -0.4 is 11.1 Å². The molecule has 3 N–H and O–H groups in total. The average Bonchev–Trinajstić information content (AvgIpc) is 2.65. The van der Waals surface area contributed by atoms with Gasteiger partial charge in [0.25, 0.3) is 5.91 Å². The van der Waals surface area contributed by atoms with Gasteiger partial charge in [-0.2, -0.15) is 0 Å². The van der Waals surface area contributed by atoms with Gasteiger partial charge < -0.3 is 11.1 Å². The molecule has 0 aromatic carbocycles. The lowest BCUT2D eigenvalue weighted by molar-refractivity contribution is 0.0955. The number of carbonyl (C=O) groups is 1. The van der Waals surface area contributed by atoms with Crippen LogP contribution in [0.4, 0.5) is 0 Å². The van der Waals surface area contributed by atoms with Crippen LogP contribution in [-0.2, 0) is 5.41 Å². The van der Waals surface area contributed by atoms with E-state index in [2.05, 4.69) is 31.1 Å². The number of halogens is 2. The van der Waals surface area contributed by atoms with Gasteiger partial charge in [-0.1, -0.05) is 20.8 Å². The number of aromatic nitrogens is 1. The highest BCUT2D eigenvalue weighted by Crippen LogP contribution is 2.26. The zero-order chi connectivity index (χ0) is 12.2. The Bertz CT molecular complexity index is 363. The van der Waals surface area contributed by atoms with E-state index in [1.54, 1.807) is 5.51 Å². The molecule has 18 heavy (non-hydrogen) atoms. The Morgan fingerprint density at radius 1 is 1.44 bits per heavy atom. The minimum atomic E-state index is -0.0967. The van der Waals surface area contributed by atoms with Crippen LogP contribution in [0.1, 0.15) is 42.6 Å². The second kappa shape index (κ2) is 8.69. The Kier molecular flexibility index (Phi) is 9.64. The molecule has 0 fully saturated rings. The smallest absolute Gasteiger partial charge is 0.263 e. The van der Waals surface area contributed by atoms with Gasteiger partial charge in [-0.25, -0.2) is 4.98 Å². The van der Waals surface area contributed by atoms with Crippen molar-refractivity contribution < 1.29 is 4.79 Å². The van der Waals surface area contributed by atoms with E-state index in [0.717, 1.165) is 12.1 Å². The summed E-state index contributed by atoms with van der Waals surface area (Å²) in [6, 6.07) is 0. The molecule has 0 radical (unpaired) electrons. The highest BCUT2D eigenvalue weighted by molar-refractivity contribution is 7.11. The lowest BCUT2D eigenvalue weighted by atomic mass is 9.91. The van der Waals surface area contributed by atoms with Crippen molar-refractivity contribution in [2.45, 2.75) is 32.6 Å². The summed E-state index contributed by atoms with van der Waals surface area (Å²) < 4.78 is 0. The molecule has 0 unspecified atom stereocenters. The summed E-state index contributed by atoms with van der Waals surface area (Å²) in [6.07, 6.45) is 0.801. The summed E-state index contributed by atoms with van der Waals surface area (Å²) in [7, 11) is 0. The van der Waals surface area contributed by atoms with Crippen molar-refractivity contribution >= 4 is 42.1 Å². The number of thiazole rings is 1. The van der Waals surface area contributed by atoms with Crippen LogP contribution in [0.2, 0.25) is 0 Å². The topological polar surface area (TPSA) is 68.0 Å². The van der Waals surface area contributed by atoms with E-state index < -0.39 is 0 Å². The molecule has 0 saturated carbocycles. The minimum absolute atomic E-state index is 0. The summed E-state index contributed by atoms with van der Waals surface area (Å²) in [4.78, 5) is 16.8. The molecule has 106 valence electrons. The molecule has 0 aliphatic rings. The first kappa shape index (κ1) is 20.0. The molecule has 7 heteroatoms. The van der Waals surface area contributed by atoms with E-state index >= 15 is 0 Å². The number of hydrogen-bond donors (Lipinski definition) is 2. The fourth-order valence-electron chi connectivity index (χ4n) is 1.33. The summed E-state index contributed by atoms with van der Waals surface area (Å²) >= 11 is 1.39.